The lowest BCUT2D eigenvalue weighted by Gasteiger charge is -2.39. The summed E-state index contributed by atoms with van der Waals surface area (Å²) in [6.45, 7) is 21.3. The molecule has 0 spiro atoms. The van der Waals surface area contributed by atoms with Crippen molar-refractivity contribution in [3.05, 3.63) is 0 Å². The summed E-state index contributed by atoms with van der Waals surface area (Å²) in [7, 11) is -0.741. The first-order chi connectivity index (χ1) is 11.4. The van der Waals surface area contributed by atoms with Crippen molar-refractivity contribution in [2.75, 3.05) is 0 Å². The number of hydrogen-bond acceptors (Lipinski definition) is 1. The van der Waals surface area contributed by atoms with Crippen molar-refractivity contribution in [2.24, 2.45) is 11.3 Å². The molecule has 26 heavy (non-hydrogen) atoms. The maximum Gasteiger partial charge on any atom is 0.402 e. The van der Waals surface area contributed by atoms with Crippen LogP contribution in [0.25, 0.3) is 0 Å². The molecule has 6 heteroatoms. The fraction of sp³-hybridized carbons (Fsp3) is 0.950. The van der Waals surface area contributed by atoms with Crippen LogP contribution in [0.15, 0.2) is 0 Å². The minimum Gasteiger partial charge on any atom is -0.337 e. The standard InChI is InChI=1S/C12H22F3NO.C8H20Si/c1-7-11(6,12(13,14)15)10(17)16(8(2)3)9(4)5;1-6-8(2)7-9(3,4)5/h8-9H,7H2,1-6H3;8H,6-7H2,1-5H3. The zero-order chi connectivity index (χ0) is 21.5. The summed E-state index contributed by atoms with van der Waals surface area (Å²) in [4.78, 5) is 13.4. The van der Waals surface area contributed by atoms with Gasteiger partial charge >= 0.3 is 6.18 Å². The van der Waals surface area contributed by atoms with Crippen molar-refractivity contribution in [3.63, 3.8) is 0 Å². The van der Waals surface area contributed by atoms with Crippen LogP contribution in [0.5, 0.6) is 0 Å². The molecule has 0 saturated carbocycles. The Morgan fingerprint density at radius 2 is 1.35 bits per heavy atom. The molecule has 2 nitrogen and oxygen atoms in total. The normalized spacial score (nSPS) is 16.0. The Hall–Kier alpha value is -0.523. The van der Waals surface area contributed by atoms with E-state index < -0.39 is 25.6 Å². The summed E-state index contributed by atoms with van der Waals surface area (Å²) in [6.07, 6.45) is -3.41. The predicted molar refractivity (Wildman–Crippen MR) is 109 cm³/mol. The molecular formula is C20H42F3NOSi. The van der Waals surface area contributed by atoms with E-state index in [1.165, 1.54) is 24.3 Å². The molecule has 0 aromatic heterocycles. The van der Waals surface area contributed by atoms with E-state index in [2.05, 4.69) is 33.5 Å². The van der Waals surface area contributed by atoms with Crippen molar-refractivity contribution < 1.29 is 18.0 Å². The minimum absolute atomic E-state index is 0.240. The van der Waals surface area contributed by atoms with Crippen LogP contribution < -0.4 is 0 Å². The van der Waals surface area contributed by atoms with E-state index in [1.807, 2.05) is 0 Å². The number of rotatable bonds is 7. The summed E-state index contributed by atoms with van der Waals surface area (Å²) in [5, 5.41) is 0. The maximum absolute atomic E-state index is 13.0. The summed E-state index contributed by atoms with van der Waals surface area (Å²) in [5.41, 5.74) is -2.29. The van der Waals surface area contributed by atoms with Gasteiger partial charge in [-0.3, -0.25) is 4.79 Å². The number of amides is 1. The number of alkyl halides is 3. The first kappa shape index (κ1) is 27.7. The van der Waals surface area contributed by atoms with Crippen LogP contribution in [0.4, 0.5) is 13.2 Å². The zero-order valence-corrected chi connectivity index (χ0v) is 19.8. The molecule has 0 aromatic carbocycles. The third-order valence-corrected chi connectivity index (χ3v) is 6.73. The monoisotopic (exact) mass is 397 g/mol. The van der Waals surface area contributed by atoms with Gasteiger partial charge in [0.15, 0.2) is 0 Å². The lowest BCUT2D eigenvalue weighted by molar-refractivity contribution is -0.225. The van der Waals surface area contributed by atoms with E-state index in [9.17, 15) is 18.0 Å². The van der Waals surface area contributed by atoms with Gasteiger partial charge in [0, 0.05) is 20.2 Å². The Labute approximate surface area is 160 Å². The predicted octanol–water partition coefficient (Wildman–Crippen LogP) is 6.98. The maximum atomic E-state index is 13.0. The number of nitrogens with zero attached hydrogens (tertiary/aromatic N) is 1. The quantitative estimate of drug-likeness (QED) is 0.424. The van der Waals surface area contributed by atoms with Crippen LogP contribution in [-0.2, 0) is 4.79 Å². The molecule has 0 N–H and O–H groups in total. The molecular weight excluding hydrogens is 355 g/mol. The van der Waals surface area contributed by atoms with E-state index in [-0.39, 0.29) is 18.5 Å². The molecule has 0 rings (SSSR count). The Morgan fingerprint density at radius 3 is 1.50 bits per heavy atom. The van der Waals surface area contributed by atoms with Gasteiger partial charge in [0.05, 0.1) is 0 Å². The Kier molecular flexibility index (Phi) is 11.4. The van der Waals surface area contributed by atoms with Crippen molar-refractivity contribution in [3.8, 4) is 0 Å². The molecule has 1 amide bonds. The molecule has 0 radical (unpaired) electrons. The van der Waals surface area contributed by atoms with Gasteiger partial charge in [-0.2, -0.15) is 13.2 Å². The molecule has 0 heterocycles. The number of hydrogen-bond donors (Lipinski definition) is 0. The van der Waals surface area contributed by atoms with E-state index >= 15 is 0 Å². The fourth-order valence-electron chi connectivity index (χ4n) is 3.01. The molecule has 0 aromatic rings. The highest BCUT2D eigenvalue weighted by Crippen LogP contribution is 2.42. The van der Waals surface area contributed by atoms with Crippen LogP contribution >= 0.6 is 0 Å². The number of halogens is 3. The molecule has 2 unspecified atom stereocenters. The Balaban J connectivity index is 0. The van der Waals surface area contributed by atoms with Crippen LogP contribution in [-0.4, -0.2) is 37.1 Å². The summed E-state index contributed by atoms with van der Waals surface area (Å²) < 4.78 is 39.0. The van der Waals surface area contributed by atoms with Gasteiger partial charge < -0.3 is 4.90 Å². The second-order valence-corrected chi connectivity index (χ2v) is 14.9. The van der Waals surface area contributed by atoms with Crippen molar-refractivity contribution in [1.82, 2.24) is 4.90 Å². The topological polar surface area (TPSA) is 20.3 Å². The van der Waals surface area contributed by atoms with Crippen LogP contribution in [0.2, 0.25) is 25.7 Å². The van der Waals surface area contributed by atoms with Gasteiger partial charge in [-0.05, 0) is 47.0 Å². The molecule has 0 aliphatic carbocycles. The van der Waals surface area contributed by atoms with E-state index in [1.54, 1.807) is 27.7 Å². The fourth-order valence-corrected chi connectivity index (χ4v) is 5.39. The van der Waals surface area contributed by atoms with Gasteiger partial charge in [-0.15, -0.1) is 0 Å². The van der Waals surface area contributed by atoms with Gasteiger partial charge in [0.2, 0.25) is 5.91 Å². The molecule has 0 aliphatic heterocycles. The second kappa shape index (κ2) is 10.7. The molecule has 2 atom stereocenters. The minimum atomic E-state index is -4.51. The molecule has 0 bridgehead atoms. The molecule has 0 aliphatic rings. The largest absolute Gasteiger partial charge is 0.402 e. The number of carbonyl (C=O) groups is 1. The van der Waals surface area contributed by atoms with Gasteiger partial charge in [0.1, 0.15) is 5.41 Å². The van der Waals surface area contributed by atoms with Gasteiger partial charge in [0.25, 0.3) is 0 Å². The van der Waals surface area contributed by atoms with E-state index in [0.29, 0.717) is 0 Å². The summed E-state index contributed by atoms with van der Waals surface area (Å²) in [6, 6.07) is 1.01. The van der Waals surface area contributed by atoms with E-state index in [0.717, 1.165) is 12.8 Å². The lowest BCUT2D eigenvalue weighted by Crippen LogP contribution is -2.54. The second-order valence-electron chi connectivity index (χ2n) is 9.36. The Morgan fingerprint density at radius 1 is 0.962 bits per heavy atom. The number of carbonyl (C=O) groups excluding carboxylic acids is 1. The summed E-state index contributed by atoms with van der Waals surface area (Å²) >= 11 is 0. The first-order valence-corrected chi connectivity index (χ1v) is 13.5. The SMILES string of the molecule is CCC(C)(C(=O)N(C(C)C)C(C)C)C(F)(F)F.CCC(C)C[Si](C)(C)C. The molecule has 158 valence electrons. The van der Waals surface area contributed by atoms with Crippen molar-refractivity contribution in [1.29, 1.82) is 0 Å². The molecule has 0 saturated heterocycles. The zero-order valence-electron chi connectivity index (χ0n) is 18.8. The third kappa shape index (κ3) is 8.91. The molecule has 0 fully saturated rings. The highest BCUT2D eigenvalue weighted by molar-refractivity contribution is 6.76. The third-order valence-electron chi connectivity index (χ3n) is 4.81. The van der Waals surface area contributed by atoms with E-state index in [4.69, 9.17) is 0 Å². The van der Waals surface area contributed by atoms with Crippen LogP contribution in [0, 0.1) is 11.3 Å². The lowest BCUT2D eigenvalue weighted by atomic mass is 9.84. The average molecular weight is 398 g/mol. The van der Waals surface area contributed by atoms with Gasteiger partial charge in [-0.25, -0.2) is 0 Å². The highest BCUT2D eigenvalue weighted by Gasteiger charge is 2.57. The van der Waals surface area contributed by atoms with Crippen LogP contribution in [0.1, 0.15) is 68.2 Å². The first-order valence-electron chi connectivity index (χ1n) is 9.84. The van der Waals surface area contributed by atoms with Crippen LogP contribution in [0.3, 0.4) is 0 Å². The smallest absolute Gasteiger partial charge is 0.337 e. The average Bonchev–Trinajstić information content (AvgIpc) is 2.42. The van der Waals surface area contributed by atoms with Crippen molar-refractivity contribution >= 4 is 14.0 Å². The van der Waals surface area contributed by atoms with Crippen molar-refractivity contribution in [2.45, 2.75) is 112 Å². The summed E-state index contributed by atoms with van der Waals surface area (Å²) in [5.74, 6) is 0.120. The Bertz CT molecular complexity index is 408. The highest BCUT2D eigenvalue weighted by atomic mass is 28.3. The van der Waals surface area contributed by atoms with Gasteiger partial charge in [-0.1, -0.05) is 52.9 Å².